The van der Waals surface area contributed by atoms with Crippen molar-refractivity contribution in [1.29, 1.82) is 0 Å². The number of amides is 1. The maximum Gasteiger partial charge on any atom is 0.268 e. The van der Waals surface area contributed by atoms with Crippen LogP contribution in [0.2, 0.25) is 0 Å². The van der Waals surface area contributed by atoms with Gasteiger partial charge in [-0.25, -0.2) is 0 Å². The number of aromatic nitrogens is 5. The van der Waals surface area contributed by atoms with Crippen LogP contribution in [0.5, 0.6) is 0 Å². The molecule has 3 aromatic rings. The highest BCUT2D eigenvalue weighted by atomic mass is 16.2. The van der Waals surface area contributed by atoms with Gasteiger partial charge in [-0.1, -0.05) is 30.3 Å². The van der Waals surface area contributed by atoms with Crippen LogP contribution in [-0.4, -0.2) is 36.7 Å². The van der Waals surface area contributed by atoms with Gasteiger partial charge in [-0.2, -0.15) is 4.80 Å². The number of carbonyl (C=O) groups is 1. The number of nitrogens with zero attached hydrogens (tertiary/aromatic N) is 5. The van der Waals surface area contributed by atoms with Crippen LogP contribution in [0.3, 0.4) is 0 Å². The van der Waals surface area contributed by atoms with Crippen LogP contribution in [0, 0.1) is 6.92 Å². The van der Waals surface area contributed by atoms with Crippen LogP contribution in [-0.2, 0) is 7.05 Å². The summed E-state index contributed by atoms with van der Waals surface area (Å²) in [6.45, 7) is 1.82. The molecule has 150 valence electrons. The number of pyridine rings is 1. The van der Waals surface area contributed by atoms with Gasteiger partial charge in [0.1, 0.15) is 5.69 Å². The Morgan fingerprint density at radius 1 is 1.10 bits per heavy atom. The van der Waals surface area contributed by atoms with Crippen molar-refractivity contribution >= 4 is 5.91 Å². The third-order valence-electron chi connectivity index (χ3n) is 5.57. The number of rotatable bonds is 4. The Morgan fingerprint density at radius 2 is 1.83 bits per heavy atom. The van der Waals surface area contributed by atoms with Crippen molar-refractivity contribution in [2.24, 2.45) is 7.05 Å². The van der Waals surface area contributed by atoms with Crippen LogP contribution in [0.25, 0.3) is 11.4 Å². The van der Waals surface area contributed by atoms with Crippen molar-refractivity contribution in [1.82, 2.24) is 30.1 Å². The molecule has 2 aromatic heterocycles. The normalized spacial score (nSPS) is 19.1. The number of nitrogens with one attached hydrogen (secondary N) is 1. The topological polar surface area (TPSA) is 94.7 Å². The van der Waals surface area contributed by atoms with E-state index in [1.54, 1.807) is 16.4 Å². The van der Waals surface area contributed by atoms with E-state index in [2.05, 4.69) is 20.7 Å². The van der Waals surface area contributed by atoms with Gasteiger partial charge in [-0.15, -0.1) is 10.2 Å². The molecule has 0 spiro atoms. The summed E-state index contributed by atoms with van der Waals surface area (Å²) < 4.78 is 1.74. The highest BCUT2D eigenvalue weighted by Crippen LogP contribution is 2.28. The Hall–Kier alpha value is -3.29. The molecule has 1 aliphatic rings. The predicted molar refractivity (Wildman–Crippen MR) is 108 cm³/mol. The quantitative estimate of drug-likeness (QED) is 0.735. The lowest BCUT2D eigenvalue weighted by atomic mass is 9.91. The Labute approximate surface area is 168 Å². The zero-order valence-corrected chi connectivity index (χ0v) is 16.6. The summed E-state index contributed by atoms with van der Waals surface area (Å²) in [6, 6.07) is 13.0. The number of benzene rings is 1. The first-order valence-electron chi connectivity index (χ1n) is 9.85. The Balaban J connectivity index is 1.37. The highest BCUT2D eigenvalue weighted by Gasteiger charge is 2.26. The molecule has 4 rings (SSSR count). The molecule has 1 aromatic carbocycles. The first-order valence-corrected chi connectivity index (χ1v) is 9.85. The molecule has 8 heteroatoms. The smallest absolute Gasteiger partial charge is 0.268 e. The van der Waals surface area contributed by atoms with Crippen molar-refractivity contribution in [2.45, 2.75) is 44.7 Å². The van der Waals surface area contributed by atoms with Crippen LogP contribution >= 0.6 is 0 Å². The Bertz CT molecular complexity index is 1060. The molecule has 1 aliphatic carbocycles. The lowest BCUT2D eigenvalue weighted by molar-refractivity contribution is 0.0911. The highest BCUT2D eigenvalue weighted by molar-refractivity contribution is 5.92. The fourth-order valence-electron chi connectivity index (χ4n) is 3.78. The third kappa shape index (κ3) is 4.11. The molecule has 29 heavy (non-hydrogen) atoms. The van der Waals surface area contributed by atoms with Crippen molar-refractivity contribution in [3.8, 4) is 11.4 Å². The van der Waals surface area contributed by atoms with Crippen molar-refractivity contribution in [2.75, 3.05) is 0 Å². The molecule has 0 saturated heterocycles. The van der Waals surface area contributed by atoms with E-state index in [4.69, 9.17) is 0 Å². The lowest BCUT2D eigenvalue weighted by Gasteiger charge is -2.28. The zero-order chi connectivity index (χ0) is 20.4. The lowest BCUT2D eigenvalue weighted by Crippen LogP contribution is -2.39. The average Bonchev–Trinajstić information content (AvgIpc) is 3.22. The van der Waals surface area contributed by atoms with Gasteiger partial charge in [0.2, 0.25) is 5.82 Å². The van der Waals surface area contributed by atoms with E-state index in [1.807, 2.05) is 37.3 Å². The largest absolute Gasteiger partial charge is 0.348 e. The SMILES string of the molecule is Cc1cc(=O)cc(C(=O)NC2CCC(n3nnc(-c4ccccc4)n3)CC2)n1C. The maximum absolute atomic E-state index is 12.6. The van der Waals surface area contributed by atoms with Crippen LogP contribution in [0.15, 0.2) is 47.3 Å². The molecule has 8 nitrogen and oxygen atoms in total. The minimum atomic E-state index is -0.206. The van der Waals surface area contributed by atoms with Crippen LogP contribution in [0.1, 0.15) is 47.9 Å². The zero-order valence-electron chi connectivity index (χ0n) is 16.6. The van der Waals surface area contributed by atoms with Gasteiger partial charge in [-0.05, 0) is 37.8 Å². The number of tetrazole rings is 1. The van der Waals surface area contributed by atoms with E-state index >= 15 is 0 Å². The summed E-state index contributed by atoms with van der Waals surface area (Å²) in [5, 5.41) is 16.0. The molecule has 0 atom stereocenters. The predicted octanol–water partition coefficient (Wildman–Crippen LogP) is 2.26. The van der Waals surface area contributed by atoms with E-state index in [0.717, 1.165) is 36.9 Å². The summed E-state index contributed by atoms with van der Waals surface area (Å²) in [5.74, 6) is 0.420. The molecule has 2 heterocycles. The molecular formula is C21H24N6O2. The molecule has 1 saturated carbocycles. The summed E-state index contributed by atoms with van der Waals surface area (Å²) in [4.78, 5) is 26.1. The molecule has 1 amide bonds. The van der Waals surface area contributed by atoms with Gasteiger partial charge >= 0.3 is 0 Å². The number of carbonyl (C=O) groups excluding carboxylic acids is 1. The van der Waals surface area contributed by atoms with E-state index in [0.29, 0.717) is 11.5 Å². The maximum atomic E-state index is 12.6. The van der Waals surface area contributed by atoms with Gasteiger partial charge in [0, 0.05) is 36.5 Å². The number of aryl methyl sites for hydroxylation is 1. The monoisotopic (exact) mass is 392 g/mol. The fraction of sp³-hybridized carbons (Fsp3) is 0.381. The number of hydrogen-bond acceptors (Lipinski definition) is 5. The second-order valence-electron chi connectivity index (χ2n) is 7.56. The van der Waals surface area contributed by atoms with Gasteiger partial charge < -0.3 is 9.88 Å². The summed E-state index contributed by atoms with van der Waals surface area (Å²) in [5.41, 5.74) is 1.95. The van der Waals surface area contributed by atoms with Gasteiger partial charge in [0.15, 0.2) is 5.43 Å². The van der Waals surface area contributed by atoms with Crippen molar-refractivity contribution in [3.05, 3.63) is 64.1 Å². The molecule has 1 N–H and O–H groups in total. The van der Waals surface area contributed by atoms with Crippen LogP contribution < -0.4 is 10.7 Å². The molecule has 0 aliphatic heterocycles. The third-order valence-corrected chi connectivity index (χ3v) is 5.57. The first-order chi connectivity index (χ1) is 14.0. The van der Waals surface area contributed by atoms with Gasteiger partial charge in [-0.3, -0.25) is 9.59 Å². The summed E-state index contributed by atoms with van der Waals surface area (Å²) in [7, 11) is 1.79. The molecule has 1 fully saturated rings. The molecule has 0 radical (unpaired) electrons. The van der Waals surface area contributed by atoms with Gasteiger partial charge in [0.25, 0.3) is 5.91 Å². The first kappa shape index (κ1) is 19.0. The Kier molecular flexibility index (Phi) is 5.24. The van der Waals surface area contributed by atoms with Crippen LogP contribution in [0.4, 0.5) is 0 Å². The molecule has 0 bridgehead atoms. The minimum absolute atomic E-state index is 0.0754. The second-order valence-corrected chi connectivity index (χ2v) is 7.56. The Morgan fingerprint density at radius 3 is 2.55 bits per heavy atom. The van der Waals surface area contributed by atoms with E-state index in [9.17, 15) is 9.59 Å². The minimum Gasteiger partial charge on any atom is -0.348 e. The van der Waals surface area contributed by atoms with E-state index in [-0.39, 0.29) is 23.4 Å². The fourth-order valence-corrected chi connectivity index (χ4v) is 3.78. The van der Waals surface area contributed by atoms with Gasteiger partial charge in [0.05, 0.1) is 6.04 Å². The summed E-state index contributed by atoms with van der Waals surface area (Å²) >= 11 is 0. The standard InChI is InChI=1S/C21H24N6O2/c1-14-12-18(28)13-19(26(14)2)21(29)22-16-8-10-17(11-9-16)27-24-20(23-25-27)15-6-4-3-5-7-15/h3-7,12-13,16-17H,8-11H2,1-2H3,(H,22,29). The average molecular weight is 392 g/mol. The van der Waals surface area contributed by atoms with Crippen molar-refractivity contribution < 1.29 is 4.79 Å². The summed E-state index contributed by atoms with van der Waals surface area (Å²) in [6.07, 6.45) is 3.39. The van der Waals surface area contributed by atoms with E-state index in [1.165, 1.54) is 12.1 Å². The van der Waals surface area contributed by atoms with Crippen molar-refractivity contribution in [3.63, 3.8) is 0 Å². The second kappa shape index (κ2) is 7.98. The van der Waals surface area contributed by atoms with E-state index < -0.39 is 0 Å². The number of hydrogen-bond donors (Lipinski definition) is 1. The molecule has 0 unspecified atom stereocenters. The molecular weight excluding hydrogens is 368 g/mol.